The minimum atomic E-state index is -0.400. The summed E-state index contributed by atoms with van der Waals surface area (Å²) in [5.41, 5.74) is 1.44. The molecule has 1 aromatic heterocycles. The van der Waals surface area contributed by atoms with Crippen LogP contribution in [0.2, 0.25) is 0 Å². The van der Waals surface area contributed by atoms with Gasteiger partial charge < -0.3 is 15.0 Å². The van der Waals surface area contributed by atoms with Crippen LogP contribution in [0.4, 0.5) is 10.1 Å². The monoisotopic (exact) mass is 499 g/mol. The number of tetrazole rings is 1. The van der Waals surface area contributed by atoms with Crippen LogP contribution in [-0.2, 0) is 16.1 Å². The molecule has 35 heavy (non-hydrogen) atoms. The third-order valence-electron chi connectivity index (χ3n) is 5.52. The van der Waals surface area contributed by atoms with E-state index in [1.54, 1.807) is 28.8 Å². The fraction of sp³-hybridized carbons (Fsp3) is 0.348. The molecular weight excluding hydrogens is 473 g/mol. The van der Waals surface area contributed by atoms with E-state index in [0.717, 1.165) is 11.3 Å². The van der Waals surface area contributed by atoms with Crippen LogP contribution in [0.25, 0.3) is 0 Å². The highest BCUT2D eigenvalue weighted by atomic mass is 32.2. The minimum Gasteiger partial charge on any atom is -0.497 e. The van der Waals surface area contributed by atoms with Crippen molar-refractivity contribution in [2.24, 2.45) is 0 Å². The van der Waals surface area contributed by atoms with Crippen molar-refractivity contribution in [3.8, 4) is 5.75 Å². The van der Waals surface area contributed by atoms with E-state index in [4.69, 9.17) is 4.74 Å². The largest absolute Gasteiger partial charge is 0.497 e. The Balaban J connectivity index is 1.20. The molecular formula is C23H26FN7O3S. The molecule has 2 heterocycles. The fourth-order valence-electron chi connectivity index (χ4n) is 3.65. The van der Waals surface area contributed by atoms with E-state index >= 15 is 0 Å². The van der Waals surface area contributed by atoms with E-state index in [1.807, 2.05) is 29.2 Å². The first-order valence-corrected chi connectivity index (χ1v) is 12.1. The summed E-state index contributed by atoms with van der Waals surface area (Å²) in [5.74, 6) is 0.385. The number of nitrogens with zero attached hydrogens (tertiary/aromatic N) is 6. The average Bonchev–Trinajstić information content (AvgIpc) is 3.30. The van der Waals surface area contributed by atoms with E-state index in [9.17, 15) is 14.0 Å². The molecule has 0 atom stereocenters. The lowest BCUT2D eigenvalue weighted by molar-refractivity contribution is -0.130. The van der Waals surface area contributed by atoms with E-state index < -0.39 is 5.82 Å². The maximum absolute atomic E-state index is 13.3. The molecule has 3 aromatic rings. The number of rotatable bonds is 9. The van der Waals surface area contributed by atoms with Gasteiger partial charge in [0, 0.05) is 31.9 Å². The van der Waals surface area contributed by atoms with Crippen LogP contribution < -0.4 is 10.1 Å². The van der Waals surface area contributed by atoms with Crippen molar-refractivity contribution in [2.75, 3.05) is 50.9 Å². The summed E-state index contributed by atoms with van der Waals surface area (Å²) >= 11 is 1.30. The van der Waals surface area contributed by atoms with Crippen molar-refractivity contribution in [1.29, 1.82) is 0 Å². The Labute approximate surface area is 206 Å². The Hall–Kier alpha value is -3.51. The van der Waals surface area contributed by atoms with Crippen molar-refractivity contribution in [3.05, 3.63) is 59.9 Å². The van der Waals surface area contributed by atoms with Gasteiger partial charge in [0.05, 0.1) is 26.0 Å². The fourth-order valence-corrected chi connectivity index (χ4v) is 4.43. The third kappa shape index (κ3) is 6.99. The van der Waals surface area contributed by atoms with Gasteiger partial charge in [-0.3, -0.25) is 14.5 Å². The minimum absolute atomic E-state index is 0.00198. The van der Waals surface area contributed by atoms with Crippen LogP contribution in [0.5, 0.6) is 5.75 Å². The summed E-state index contributed by atoms with van der Waals surface area (Å²) in [4.78, 5) is 28.7. The molecule has 184 valence electrons. The van der Waals surface area contributed by atoms with Gasteiger partial charge in [0.1, 0.15) is 11.6 Å². The maximum atomic E-state index is 13.3. The number of aromatic nitrogens is 4. The Bertz CT molecular complexity index is 1150. The zero-order chi connectivity index (χ0) is 24.6. The van der Waals surface area contributed by atoms with E-state index in [1.165, 1.54) is 23.9 Å². The molecule has 1 saturated heterocycles. The zero-order valence-electron chi connectivity index (χ0n) is 19.3. The first-order chi connectivity index (χ1) is 17.0. The molecule has 0 saturated carbocycles. The van der Waals surface area contributed by atoms with Gasteiger partial charge in [-0.05, 0) is 46.3 Å². The van der Waals surface area contributed by atoms with Crippen LogP contribution in [0.15, 0.2) is 53.7 Å². The van der Waals surface area contributed by atoms with Gasteiger partial charge in [0.25, 0.3) is 0 Å². The van der Waals surface area contributed by atoms with E-state index in [-0.39, 0.29) is 24.1 Å². The number of carbonyl (C=O) groups excluding carboxylic acids is 2. The number of nitrogens with one attached hydrogen (secondary N) is 1. The van der Waals surface area contributed by atoms with Crippen molar-refractivity contribution < 1.29 is 18.7 Å². The lowest BCUT2D eigenvalue weighted by Crippen LogP contribution is -2.50. The van der Waals surface area contributed by atoms with Crippen LogP contribution in [0.1, 0.15) is 5.56 Å². The van der Waals surface area contributed by atoms with Gasteiger partial charge >= 0.3 is 0 Å². The van der Waals surface area contributed by atoms with Gasteiger partial charge in [-0.25, -0.2) is 9.07 Å². The number of carbonyl (C=O) groups is 2. The molecule has 0 radical (unpaired) electrons. The molecule has 1 aliphatic heterocycles. The second-order valence-corrected chi connectivity index (χ2v) is 8.91. The zero-order valence-corrected chi connectivity index (χ0v) is 20.1. The molecule has 10 nitrogen and oxygen atoms in total. The summed E-state index contributed by atoms with van der Waals surface area (Å²) in [6.45, 7) is 2.91. The standard InChI is InChI=1S/C23H26FN7O3S/c1-34-20-7-5-17(6-8-20)14-31-23(26-27-28-31)35-16-22(33)30-11-9-29(10-12-30)15-21(32)25-19-4-2-3-18(24)13-19/h2-8,13H,9-12,14-16H2,1H3,(H,25,32). The lowest BCUT2D eigenvalue weighted by atomic mass is 10.2. The van der Waals surface area contributed by atoms with Crippen molar-refractivity contribution in [3.63, 3.8) is 0 Å². The smallest absolute Gasteiger partial charge is 0.238 e. The number of halogens is 1. The molecule has 4 rings (SSSR count). The number of piperazine rings is 1. The van der Waals surface area contributed by atoms with E-state index in [2.05, 4.69) is 20.8 Å². The molecule has 1 aliphatic rings. The summed E-state index contributed by atoms with van der Waals surface area (Å²) in [6, 6.07) is 13.4. The highest BCUT2D eigenvalue weighted by molar-refractivity contribution is 7.99. The number of hydrogen-bond donors (Lipinski definition) is 1. The maximum Gasteiger partial charge on any atom is 0.238 e. The predicted octanol–water partition coefficient (Wildman–Crippen LogP) is 1.74. The van der Waals surface area contributed by atoms with Crippen molar-refractivity contribution >= 4 is 29.3 Å². The quantitative estimate of drug-likeness (QED) is 0.444. The number of anilines is 1. The third-order valence-corrected chi connectivity index (χ3v) is 6.46. The predicted molar refractivity (Wildman–Crippen MR) is 129 cm³/mol. The number of amides is 2. The van der Waals surface area contributed by atoms with Crippen LogP contribution in [-0.4, -0.2) is 87.4 Å². The summed E-state index contributed by atoms with van der Waals surface area (Å²) in [5, 5.41) is 15.1. The number of benzene rings is 2. The summed E-state index contributed by atoms with van der Waals surface area (Å²) in [7, 11) is 1.62. The number of methoxy groups -OCH3 is 1. The van der Waals surface area contributed by atoms with E-state index in [0.29, 0.717) is 43.6 Å². The van der Waals surface area contributed by atoms with Gasteiger partial charge in [-0.2, -0.15) is 0 Å². The Morgan fingerprint density at radius 1 is 1.11 bits per heavy atom. The Morgan fingerprint density at radius 3 is 2.60 bits per heavy atom. The Morgan fingerprint density at radius 2 is 1.89 bits per heavy atom. The number of thioether (sulfide) groups is 1. The second kappa shape index (κ2) is 11.8. The summed E-state index contributed by atoms with van der Waals surface area (Å²) < 4.78 is 20.1. The van der Waals surface area contributed by atoms with Crippen molar-refractivity contribution in [2.45, 2.75) is 11.7 Å². The molecule has 12 heteroatoms. The normalized spacial score (nSPS) is 14.1. The number of hydrogen-bond acceptors (Lipinski definition) is 8. The van der Waals surface area contributed by atoms with Crippen LogP contribution in [0, 0.1) is 5.82 Å². The van der Waals surface area contributed by atoms with Crippen LogP contribution >= 0.6 is 11.8 Å². The van der Waals surface area contributed by atoms with Gasteiger partial charge in [-0.1, -0.05) is 30.0 Å². The molecule has 1 N–H and O–H groups in total. The van der Waals surface area contributed by atoms with Gasteiger partial charge in [-0.15, -0.1) is 5.10 Å². The molecule has 1 fully saturated rings. The second-order valence-electron chi connectivity index (χ2n) is 7.97. The first kappa shape index (κ1) is 24.6. The number of ether oxygens (including phenoxy) is 1. The molecule has 0 spiro atoms. The SMILES string of the molecule is COc1ccc(Cn2nnnc2SCC(=O)N2CCN(CC(=O)Nc3cccc(F)c3)CC2)cc1. The van der Waals surface area contributed by atoms with Gasteiger partial charge in [0.15, 0.2) is 0 Å². The molecule has 2 amide bonds. The average molecular weight is 500 g/mol. The lowest BCUT2D eigenvalue weighted by Gasteiger charge is -2.34. The van der Waals surface area contributed by atoms with Crippen LogP contribution in [0.3, 0.4) is 0 Å². The first-order valence-electron chi connectivity index (χ1n) is 11.1. The molecule has 2 aromatic carbocycles. The van der Waals surface area contributed by atoms with Gasteiger partial charge in [0.2, 0.25) is 17.0 Å². The highest BCUT2D eigenvalue weighted by Gasteiger charge is 2.23. The summed E-state index contributed by atoms with van der Waals surface area (Å²) in [6.07, 6.45) is 0. The molecule has 0 unspecified atom stereocenters. The molecule has 0 bridgehead atoms. The highest BCUT2D eigenvalue weighted by Crippen LogP contribution is 2.18. The van der Waals surface area contributed by atoms with Crippen molar-refractivity contribution in [1.82, 2.24) is 30.0 Å². The Kier molecular flexibility index (Phi) is 8.27. The topological polar surface area (TPSA) is 105 Å². The molecule has 0 aliphatic carbocycles.